The molecule has 0 amide bonds. The Morgan fingerprint density at radius 3 is 1.31 bits per heavy atom. The molecule has 0 aliphatic rings. The Balaban J connectivity index is 1.71. The zero-order valence-electron chi connectivity index (χ0n) is 21.2. The molecule has 170 valence electrons. The van der Waals surface area contributed by atoms with E-state index in [0.717, 1.165) is 0 Å². The number of hydrogen-bond donors (Lipinski definition) is 0. The van der Waals surface area contributed by atoms with Gasteiger partial charge in [0, 0.05) is 10.8 Å². The van der Waals surface area contributed by atoms with Gasteiger partial charge in [0.1, 0.15) is 0 Å². The standard InChI is InChI=1S/C32H42/c1-7-8-9-10-11-12-26-15-19-28(20-16-26)32(5,6)30-23-21-29(22-24-30)31(3,4)27-17-13-25(2)14-18-27/h13-24H,7-12H2,1-6H3. The van der Waals surface area contributed by atoms with Gasteiger partial charge in [-0.05, 0) is 47.6 Å². The lowest BCUT2D eigenvalue weighted by Crippen LogP contribution is -2.21. The molecule has 0 fully saturated rings. The molecule has 0 heterocycles. The van der Waals surface area contributed by atoms with Crippen molar-refractivity contribution in [3.05, 3.63) is 106 Å². The summed E-state index contributed by atoms with van der Waals surface area (Å²) in [5.41, 5.74) is 8.24. The third-order valence-corrected chi connectivity index (χ3v) is 7.35. The molecule has 0 aliphatic carbocycles. The van der Waals surface area contributed by atoms with Crippen LogP contribution >= 0.6 is 0 Å². The second kappa shape index (κ2) is 10.5. The smallest absolute Gasteiger partial charge is 0.0146 e. The summed E-state index contributed by atoms with van der Waals surface area (Å²) in [6.07, 6.45) is 7.92. The zero-order valence-corrected chi connectivity index (χ0v) is 21.2. The molecule has 0 spiro atoms. The Morgan fingerprint density at radius 1 is 0.500 bits per heavy atom. The van der Waals surface area contributed by atoms with Crippen LogP contribution in [0.1, 0.15) is 100 Å². The molecule has 0 N–H and O–H groups in total. The van der Waals surface area contributed by atoms with Gasteiger partial charge in [-0.15, -0.1) is 0 Å². The second-order valence-corrected chi connectivity index (χ2v) is 10.6. The van der Waals surface area contributed by atoms with Crippen LogP contribution < -0.4 is 0 Å². The fourth-order valence-corrected chi connectivity index (χ4v) is 4.63. The van der Waals surface area contributed by atoms with Crippen molar-refractivity contribution in [2.24, 2.45) is 0 Å². The maximum Gasteiger partial charge on any atom is 0.0146 e. The highest BCUT2D eigenvalue weighted by atomic mass is 14.3. The number of hydrogen-bond acceptors (Lipinski definition) is 0. The van der Waals surface area contributed by atoms with E-state index >= 15 is 0 Å². The van der Waals surface area contributed by atoms with Crippen LogP contribution in [-0.4, -0.2) is 0 Å². The molecule has 3 aromatic rings. The number of aryl methyl sites for hydroxylation is 2. The molecule has 0 bridgehead atoms. The van der Waals surface area contributed by atoms with Crippen LogP contribution in [0.15, 0.2) is 72.8 Å². The van der Waals surface area contributed by atoms with Gasteiger partial charge in [-0.25, -0.2) is 0 Å². The Morgan fingerprint density at radius 2 is 0.875 bits per heavy atom. The van der Waals surface area contributed by atoms with Crippen molar-refractivity contribution < 1.29 is 0 Å². The molecule has 0 unspecified atom stereocenters. The van der Waals surface area contributed by atoms with Crippen molar-refractivity contribution in [3.8, 4) is 0 Å². The summed E-state index contributed by atoms with van der Waals surface area (Å²) in [4.78, 5) is 0. The van der Waals surface area contributed by atoms with Crippen molar-refractivity contribution >= 4 is 0 Å². The lowest BCUT2D eigenvalue weighted by molar-refractivity contribution is 0.624. The normalized spacial score (nSPS) is 12.2. The van der Waals surface area contributed by atoms with E-state index in [0.29, 0.717) is 0 Å². The second-order valence-electron chi connectivity index (χ2n) is 10.6. The van der Waals surface area contributed by atoms with Crippen molar-refractivity contribution in [3.63, 3.8) is 0 Å². The molecular weight excluding hydrogens is 384 g/mol. The largest absolute Gasteiger partial charge is 0.0654 e. The van der Waals surface area contributed by atoms with E-state index in [1.54, 1.807) is 0 Å². The highest BCUT2D eigenvalue weighted by Crippen LogP contribution is 2.36. The number of rotatable bonds is 10. The molecule has 3 rings (SSSR count). The van der Waals surface area contributed by atoms with E-state index in [1.165, 1.54) is 71.9 Å². The Labute approximate surface area is 197 Å². The van der Waals surface area contributed by atoms with E-state index in [9.17, 15) is 0 Å². The van der Waals surface area contributed by atoms with Crippen molar-refractivity contribution in [2.45, 2.75) is 90.9 Å². The first-order valence-corrected chi connectivity index (χ1v) is 12.5. The van der Waals surface area contributed by atoms with E-state index in [2.05, 4.69) is 114 Å². The van der Waals surface area contributed by atoms with Crippen molar-refractivity contribution in [1.82, 2.24) is 0 Å². The fraction of sp³-hybridized carbons (Fsp3) is 0.438. The third-order valence-electron chi connectivity index (χ3n) is 7.35. The summed E-state index contributed by atoms with van der Waals surface area (Å²) in [7, 11) is 0. The SMILES string of the molecule is CCCCCCCc1ccc(C(C)(C)c2ccc(C(C)(C)c3ccc(C)cc3)cc2)cc1. The Hall–Kier alpha value is -2.34. The Bertz CT molecular complexity index is 954. The van der Waals surface area contributed by atoms with Crippen LogP contribution in [0.5, 0.6) is 0 Å². The average molecular weight is 427 g/mol. The first-order valence-electron chi connectivity index (χ1n) is 12.5. The van der Waals surface area contributed by atoms with Gasteiger partial charge in [-0.1, -0.05) is 139 Å². The van der Waals surface area contributed by atoms with Gasteiger partial charge in [0.25, 0.3) is 0 Å². The molecule has 0 radical (unpaired) electrons. The first kappa shape index (κ1) is 24.3. The van der Waals surface area contributed by atoms with Gasteiger partial charge in [0.2, 0.25) is 0 Å². The molecule has 0 heteroatoms. The van der Waals surface area contributed by atoms with Crippen LogP contribution in [0.4, 0.5) is 0 Å². The van der Waals surface area contributed by atoms with E-state index in [4.69, 9.17) is 0 Å². The van der Waals surface area contributed by atoms with Crippen LogP contribution in [0.25, 0.3) is 0 Å². The maximum atomic E-state index is 2.34. The van der Waals surface area contributed by atoms with Crippen LogP contribution in [0.2, 0.25) is 0 Å². The number of unbranched alkanes of at least 4 members (excludes halogenated alkanes) is 4. The predicted octanol–water partition coefficient (Wildman–Crippen LogP) is 9.16. The minimum Gasteiger partial charge on any atom is -0.0654 e. The lowest BCUT2D eigenvalue weighted by Gasteiger charge is -2.29. The third kappa shape index (κ3) is 5.71. The molecule has 0 aromatic heterocycles. The van der Waals surface area contributed by atoms with Crippen molar-refractivity contribution in [1.29, 1.82) is 0 Å². The molecule has 32 heavy (non-hydrogen) atoms. The molecule has 0 saturated heterocycles. The summed E-state index contributed by atoms with van der Waals surface area (Å²) in [6.45, 7) is 13.7. The predicted molar refractivity (Wildman–Crippen MR) is 141 cm³/mol. The van der Waals surface area contributed by atoms with Gasteiger partial charge >= 0.3 is 0 Å². The minimum absolute atomic E-state index is 0.00481. The quantitative estimate of drug-likeness (QED) is 0.283. The summed E-state index contributed by atoms with van der Waals surface area (Å²) in [6, 6.07) is 27.6. The topological polar surface area (TPSA) is 0 Å². The van der Waals surface area contributed by atoms with Gasteiger partial charge in [-0.2, -0.15) is 0 Å². The minimum atomic E-state index is -0.00775. The highest BCUT2D eigenvalue weighted by Gasteiger charge is 2.26. The van der Waals surface area contributed by atoms with E-state index in [-0.39, 0.29) is 10.8 Å². The molecule has 0 nitrogen and oxygen atoms in total. The monoisotopic (exact) mass is 426 g/mol. The number of benzene rings is 3. The fourth-order valence-electron chi connectivity index (χ4n) is 4.63. The van der Waals surface area contributed by atoms with Crippen LogP contribution in [0.3, 0.4) is 0 Å². The van der Waals surface area contributed by atoms with Crippen molar-refractivity contribution in [2.75, 3.05) is 0 Å². The van der Waals surface area contributed by atoms with Gasteiger partial charge in [-0.3, -0.25) is 0 Å². The molecule has 3 aromatic carbocycles. The summed E-state index contributed by atoms with van der Waals surface area (Å²) in [5.74, 6) is 0. The Kier molecular flexibility index (Phi) is 7.99. The molecule has 0 aliphatic heterocycles. The van der Waals surface area contributed by atoms with Gasteiger partial charge < -0.3 is 0 Å². The highest BCUT2D eigenvalue weighted by molar-refractivity contribution is 5.44. The maximum absolute atomic E-state index is 2.34. The lowest BCUT2D eigenvalue weighted by atomic mass is 9.74. The van der Waals surface area contributed by atoms with Crippen LogP contribution in [0, 0.1) is 6.92 Å². The molecule has 0 saturated carbocycles. The van der Waals surface area contributed by atoms with Gasteiger partial charge in [0.05, 0.1) is 0 Å². The zero-order chi connectivity index (χ0) is 23.2. The van der Waals surface area contributed by atoms with Gasteiger partial charge in [0.15, 0.2) is 0 Å². The first-order chi connectivity index (χ1) is 15.2. The summed E-state index contributed by atoms with van der Waals surface area (Å²) >= 11 is 0. The van der Waals surface area contributed by atoms with E-state index < -0.39 is 0 Å². The molecular formula is C32H42. The summed E-state index contributed by atoms with van der Waals surface area (Å²) in [5, 5.41) is 0. The summed E-state index contributed by atoms with van der Waals surface area (Å²) < 4.78 is 0. The average Bonchev–Trinajstić information content (AvgIpc) is 2.79. The van der Waals surface area contributed by atoms with Crippen LogP contribution in [-0.2, 0) is 17.3 Å². The van der Waals surface area contributed by atoms with E-state index in [1.807, 2.05) is 0 Å². The molecule has 0 atom stereocenters.